The lowest BCUT2D eigenvalue weighted by Gasteiger charge is -2.13. The second-order valence-corrected chi connectivity index (χ2v) is 5.63. The molecule has 2 unspecified atom stereocenters. The van der Waals surface area contributed by atoms with Crippen molar-refractivity contribution in [2.24, 2.45) is 5.92 Å². The molecule has 1 aromatic rings. The summed E-state index contributed by atoms with van der Waals surface area (Å²) in [5.74, 6) is -0.269. The molecular formula is C13H18O3S. The van der Waals surface area contributed by atoms with Crippen LogP contribution in [0, 0.1) is 12.8 Å². The second-order valence-electron chi connectivity index (χ2n) is 4.15. The lowest BCUT2D eigenvalue weighted by Crippen LogP contribution is -2.24. The van der Waals surface area contributed by atoms with Crippen molar-refractivity contribution in [3.05, 3.63) is 35.4 Å². The van der Waals surface area contributed by atoms with Gasteiger partial charge in [0.2, 0.25) is 0 Å². The number of benzene rings is 1. The van der Waals surface area contributed by atoms with E-state index >= 15 is 0 Å². The van der Waals surface area contributed by atoms with E-state index in [0.717, 1.165) is 5.56 Å². The number of rotatable bonds is 5. The molecular weight excluding hydrogens is 236 g/mol. The van der Waals surface area contributed by atoms with Crippen molar-refractivity contribution >= 4 is 16.8 Å². The number of hydrogen-bond acceptors (Lipinski definition) is 3. The highest BCUT2D eigenvalue weighted by molar-refractivity contribution is 7.84. The molecule has 0 aromatic heterocycles. The van der Waals surface area contributed by atoms with Crippen LogP contribution in [0.1, 0.15) is 11.1 Å². The number of ether oxygens (including phenoxy) is 1. The minimum atomic E-state index is -0.997. The Labute approximate surface area is 105 Å². The molecule has 0 heterocycles. The van der Waals surface area contributed by atoms with Gasteiger partial charge in [-0.25, -0.2) is 0 Å². The highest BCUT2D eigenvalue weighted by Gasteiger charge is 2.20. The standard InChI is InChI=1S/C13H18O3S/c1-10-4-6-11(7-5-10)8-12(9-17(3)15)13(14)16-2/h4-7,12H,8-9H2,1-3H3. The molecule has 1 aromatic carbocycles. The Kier molecular flexibility index (Phi) is 5.35. The van der Waals surface area contributed by atoms with Crippen LogP contribution in [0.2, 0.25) is 0 Å². The van der Waals surface area contributed by atoms with Gasteiger partial charge in [-0.15, -0.1) is 0 Å². The van der Waals surface area contributed by atoms with Gasteiger partial charge in [-0.1, -0.05) is 29.8 Å². The molecule has 0 saturated heterocycles. The zero-order chi connectivity index (χ0) is 12.8. The fourth-order valence-corrected chi connectivity index (χ4v) is 2.49. The Morgan fingerprint density at radius 3 is 2.41 bits per heavy atom. The van der Waals surface area contributed by atoms with Crippen molar-refractivity contribution in [3.8, 4) is 0 Å². The Bertz CT molecular complexity index is 398. The van der Waals surface area contributed by atoms with E-state index in [1.807, 2.05) is 31.2 Å². The van der Waals surface area contributed by atoms with E-state index < -0.39 is 10.8 Å². The summed E-state index contributed by atoms with van der Waals surface area (Å²) in [6, 6.07) is 7.99. The summed E-state index contributed by atoms with van der Waals surface area (Å²) in [4.78, 5) is 11.6. The Balaban J connectivity index is 2.75. The summed E-state index contributed by atoms with van der Waals surface area (Å²) < 4.78 is 16.0. The van der Waals surface area contributed by atoms with Crippen molar-refractivity contribution in [1.29, 1.82) is 0 Å². The lowest BCUT2D eigenvalue weighted by molar-refractivity contribution is -0.144. The first-order valence-corrected chi connectivity index (χ1v) is 7.19. The highest BCUT2D eigenvalue weighted by atomic mass is 32.2. The van der Waals surface area contributed by atoms with Gasteiger partial charge in [0, 0.05) is 22.8 Å². The second kappa shape index (κ2) is 6.55. The van der Waals surface area contributed by atoms with E-state index in [-0.39, 0.29) is 11.9 Å². The third-order valence-corrected chi connectivity index (χ3v) is 3.44. The fraction of sp³-hybridized carbons (Fsp3) is 0.462. The summed E-state index contributed by atoms with van der Waals surface area (Å²) in [6.07, 6.45) is 2.18. The molecule has 0 radical (unpaired) electrons. The largest absolute Gasteiger partial charge is 0.469 e. The van der Waals surface area contributed by atoms with E-state index in [1.54, 1.807) is 6.26 Å². The molecule has 0 spiro atoms. The Hall–Kier alpha value is -1.16. The summed E-state index contributed by atoms with van der Waals surface area (Å²) in [7, 11) is 0.367. The van der Waals surface area contributed by atoms with Crippen LogP contribution in [0.4, 0.5) is 0 Å². The van der Waals surface area contributed by atoms with Crippen LogP contribution in [-0.2, 0) is 26.8 Å². The van der Waals surface area contributed by atoms with Crippen molar-refractivity contribution < 1.29 is 13.7 Å². The molecule has 0 saturated carbocycles. The van der Waals surface area contributed by atoms with Crippen LogP contribution < -0.4 is 0 Å². The SMILES string of the molecule is COC(=O)C(Cc1ccc(C)cc1)CS(C)=O. The van der Waals surface area contributed by atoms with E-state index in [2.05, 4.69) is 0 Å². The first kappa shape index (κ1) is 13.9. The Morgan fingerprint density at radius 2 is 1.94 bits per heavy atom. The van der Waals surface area contributed by atoms with Crippen LogP contribution in [-0.4, -0.2) is 29.3 Å². The van der Waals surface area contributed by atoms with Gasteiger partial charge in [0.05, 0.1) is 13.0 Å². The lowest BCUT2D eigenvalue weighted by atomic mass is 10.0. The van der Waals surface area contributed by atoms with E-state index in [4.69, 9.17) is 4.74 Å². The molecule has 2 atom stereocenters. The van der Waals surface area contributed by atoms with E-state index in [0.29, 0.717) is 12.2 Å². The van der Waals surface area contributed by atoms with Crippen LogP contribution in [0.25, 0.3) is 0 Å². The van der Waals surface area contributed by atoms with Gasteiger partial charge in [-0.3, -0.25) is 9.00 Å². The molecule has 0 aliphatic heterocycles. The maximum absolute atomic E-state index is 11.6. The van der Waals surface area contributed by atoms with Crippen molar-refractivity contribution in [2.45, 2.75) is 13.3 Å². The van der Waals surface area contributed by atoms with Gasteiger partial charge < -0.3 is 4.74 Å². The van der Waals surface area contributed by atoms with E-state index in [9.17, 15) is 9.00 Å². The fourth-order valence-electron chi connectivity index (χ4n) is 1.67. The van der Waals surface area contributed by atoms with Crippen molar-refractivity contribution in [2.75, 3.05) is 19.1 Å². The average molecular weight is 254 g/mol. The van der Waals surface area contributed by atoms with Crippen molar-refractivity contribution in [3.63, 3.8) is 0 Å². The summed E-state index contributed by atoms with van der Waals surface area (Å²) >= 11 is 0. The topological polar surface area (TPSA) is 43.4 Å². The molecule has 0 bridgehead atoms. The van der Waals surface area contributed by atoms with Gasteiger partial charge in [0.15, 0.2) is 0 Å². The van der Waals surface area contributed by atoms with E-state index in [1.165, 1.54) is 12.7 Å². The van der Waals surface area contributed by atoms with Gasteiger partial charge in [0.1, 0.15) is 0 Å². The molecule has 0 fully saturated rings. The molecule has 0 N–H and O–H groups in total. The molecule has 17 heavy (non-hydrogen) atoms. The van der Waals surface area contributed by atoms with Crippen LogP contribution in [0.3, 0.4) is 0 Å². The molecule has 3 nitrogen and oxygen atoms in total. The van der Waals surface area contributed by atoms with Gasteiger partial charge in [-0.05, 0) is 18.9 Å². The maximum atomic E-state index is 11.6. The maximum Gasteiger partial charge on any atom is 0.309 e. The first-order chi connectivity index (χ1) is 8.02. The average Bonchev–Trinajstić information content (AvgIpc) is 2.29. The molecule has 0 aliphatic rings. The smallest absolute Gasteiger partial charge is 0.309 e. The number of methoxy groups -OCH3 is 1. The van der Waals surface area contributed by atoms with Crippen LogP contribution >= 0.6 is 0 Å². The molecule has 0 amide bonds. The number of esters is 1. The minimum absolute atomic E-state index is 0.291. The molecule has 1 rings (SSSR count). The quantitative estimate of drug-likeness (QED) is 0.751. The molecule has 94 valence electrons. The summed E-state index contributed by atoms with van der Waals surface area (Å²) in [6.45, 7) is 2.02. The monoisotopic (exact) mass is 254 g/mol. The normalized spacial score (nSPS) is 14.1. The minimum Gasteiger partial charge on any atom is -0.469 e. The van der Waals surface area contributed by atoms with Crippen molar-refractivity contribution in [1.82, 2.24) is 0 Å². The highest BCUT2D eigenvalue weighted by Crippen LogP contribution is 2.12. The number of hydrogen-bond donors (Lipinski definition) is 0. The van der Waals surface area contributed by atoms with Crippen LogP contribution in [0.5, 0.6) is 0 Å². The number of aryl methyl sites for hydroxylation is 1. The van der Waals surface area contributed by atoms with Crippen LogP contribution in [0.15, 0.2) is 24.3 Å². The van der Waals surface area contributed by atoms with Gasteiger partial charge >= 0.3 is 5.97 Å². The van der Waals surface area contributed by atoms with Gasteiger partial charge in [-0.2, -0.15) is 0 Å². The third kappa shape index (κ3) is 4.69. The van der Waals surface area contributed by atoms with Gasteiger partial charge in [0.25, 0.3) is 0 Å². The molecule has 4 heteroatoms. The third-order valence-electron chi connectivity index (χ3n) is 2.57. The zero-order valence-corrected chi connectivity index (χ0v) is 11.3. The first-order valence-electron chi connectivity index (χ1n) is 5.46. The predicted molar refractivity (Wildman–Crippen MR) is 69.3 cm³/mol. The Morgan fingerprint density at radius 1 is 1.35 bits per heavy atom. The summed E-state index contributed by atoms with van der Waals surface area (Å²) in [5, 5.41) is 0. The number of carbonyl (C=O) groups is 1. The summed E-state index contributed by atoms with van der Waals surface area (Å²) in [5.41, 5.74) is 2.25. The number of carbonyl (C=O) groups excluding carboxylic acids is 1. The molecule has 0 aliphatic carbocycles. The predicted octanol–water partition coefficient (Wildman–Crippen LogP) is 1.71. The zero-order valence-electron chi connectivity index (χ0n) is 10.4.